The van der Waals surface area contributed by atoms with Crippen LogP contribution < -0.4 is 10.4 Å². The predicted molar refractivity (Wildman–Crippen MR) is 126 cm³/mol. The van der Waals surface area contributed by atoms with Gasteiger partial charge in [-0.3, -0.25) is 13.9 Å². The van der Waals surface area contributed by atoms with Crippen LogP contribution in [-0.2, 0) is 13.1 Å². The highest BCUT2D eigenvalue weighted by atomic mass is 32.2. The van der Waals surface area contributed by atoms with Crippen LogP contribution in [0, 0.1) is 6.92 Å². The quantitative estimate of drug-likeness (QED) is 0.311. The Kier molecular flexibility index (Phi) is 5.87. The Bertz CT molecular complexity index is 1350. The summed E-state index contributed by atoms with van der Waals surface area (Å²) in [5.74, 6) is 0.993. The fourth-order valence-corrected chi connectivity index (χ4v) is 4.79. The normalized spacial score (nSPS) is 11.4. The molecule has 0 N–H and O–H groups in total. The van der Waals surface area contributed by atoms with Crippen LogP contribution in [0.2, 0.25) is 0 Å². The second-order valence-corrected chi connectivity index (χ2v) is 8.32. The van der Waals surface area contributed by atoms with Crippen molar-refractivity contribution in [3.05, 3.63) is 64.1 Å². The van der Waals surface area contributed by atoms with E-state index in [-0.39, 0.29) is 17.2 Å². The summed E-state index contributed by atoms with van der Waals surface area (Å²) in [6, 6.07) is 13.4. The molecule has 0 aliphatic heterocycles. The first-order valence-electron chi connectivity index (χ1n) is 10.3. The lowest BCUT2D eigenvalue weighted by Crippen LogP contribution is -2.23. The number of imidazole rings is 1. The number of fused-ring (bicyclic) bond motifs is 2. The SMILES string of the molecule is CCn1c(=O)n(CC)c2cc(C(=O)CSc3cc(C)c4cccc(OC)c4n3)ccc21. The zero-order valence-corrected chi connectivity index (χ0v) is 19.0. The molecule has 0 aliphatic rings. The van der Waals surface area contributed by atoms with Gasteiger partial charge in [-0.15, -0.1) is 0 Å². The van der Waals surface area contributed by atoms with E-state index in [1.54, 1.807) is 22.3 Å². The van der Waals surface area contributed by atoms with Gasteiger partial charge >= 0.3 is 5.69 Å². The first kappa shape index (κ1) is 21.2. The molecule has 0 fully saturated rings. The summed E-state index contributed by atoms with van der Waals surface area (Å²) in [7, 11) is 1.63. The number of carbonyl (C=O) groups excluding carboxylic acids is 1. The van der Waals surface area contributed by atoms with Gasteiger partial charge in [-0.25, -0.2) is 9.78 Å². The second-order valence-electron chi connectivity index (χ2n) is 7.32. The van der Waals surface area contributed by atoms with Gasteiger partial charge in [0, 0.05) is 24.0 Å². The van der Waals surface area contributed by atoms with Crippen LogP contribution in [0.3, 0.4) is 0 Å². The van der Waals surface area contributed by atoms with Crippen molar-refractivity contribution < 1.29 is 9.53 Å². The average molecular weight is 436 g/mol. The van der Waals surface area contributed by atoms with E-state index in [0.29, 0.717) is 18.7 Å². The van der Waals surface area contributed by atoms with Crippen LogP contribution >= 0.6 is 11.8 Å². The van der Waals surface area contributed by atoms with E-state index in [2.05, 4.69) is 0 Å². The molecule has 0 spiro atoms. The van der Waals surface area contributed by atoms with Crippen LogP contribution in [0.25, 0.3) is 21.9 Å². The third-order valence-corrected chi connectivity index (χ3v) is 6.44. The number of ketones is 1. The summed E-state index contributed by atoms with van der Waals surface area (Å²) in [4.78, 5) is 30.2. The van der Waals surface area contributed by atoms with Crippen LogP contribution in [0.1, 0.15) is 29.8 Å². The number of Topliss-reactive ketones (excluding diaryl/α,β-unsaturated/α-hetero) is 1. The molecule has 0 aliphatic carbocycles. The number of ether oxygens (including phenoxy) is 1. The summed E-state index contributed by atoms with van der Waals surface area (Å²) in [5.41, 5.74) is 4.11. The van der Waals surface area contributed by atoms with E-state index in [9.17, 15) is 9.59 Å². The second kappa shape index (κ2) is 8.59. The number of carbonyl (C=O) groups is 1. The number of para-hydroxylation sites is 1. The van der Waals surface area contributed by atoms with Gasteiger partial charge in [-0.1, -0.05) is 23.9 Å². The Balaban J connectivity index is 1.62. The highest BCUT2D eigenvalue weighted by molar-refractivity contribution is 7.99. The summed E-state index contributed by atoms with van der Waals surface area (Å²) < 4.78 is 8.89. The van der Waals surface area contributed by atoms with E-state index in [4.69, 9.17) is 9.72 Å². The maximum Gasteiger partial charge on any atom is 0.329 e. The number of methoxy groups -OCH3 is 1. The molecule has 0 unspecified atom stereocenters. The number of aromatic nitrogens is 3. The van der Waals surface area contributed by atoms with Gasteiger partial charge in [0.15, 0.2) is 5.78 Å². The minimum absolute atomic E-state index is 0.00540. The molecular weight excluding hydrogens is 410 g/mol. The summed E-state index contributed by atoms with van der Waals surface area (Å²) in [5, 5.41) is 1.82. The Morgan fingerprint density at radius 3 is 2.52 bits per heavy atom. The Hall–Kier alpha value is -3.06. The predicted octanol–water partition coefficient (Wildman–Crippen LogP) is 4.68. The van der Waals surface area contributed by atoms with Crippen molar-refractivity contribution >= 4 is 39.5 Å². The number of nitrogens with zero attached hydrogens (tertiary/aromatic N) is 3. The largest absolute Gasteiger partial charge is 0.494 e. The van der Waals surface area contributed by atoms with Crippen molar-refractivity contribution in [2.75, 3.05) is 12.9 Å². The molecule has 6 nitrogen and oxygen atoms in total. The van der Waals surface area contributed by atoms with E-state index in [0.717, 1.165) is 38.3 Å². The first-order valence-corrected chi connectivity index (χ1v) is 11.3. The summed E-state index contributed by atoms with van der Waals surface area (Å²) in [6.45, 7) is 7.09. The fourth-order valence-electron chi connectivity index (χ4n) is 3.93. The molecule has 0 amide bonds. The Labute approximate surface area is 184 Å². The van der Waals surface area contributed by atoms with Gasteiger partial charge in [-0.2, -0.15) is 0 Å². The number of thioether (sulfide) groups is 1. The highest BCUT2D eigenvalue weighted by Crippen LogP contribution is 2.30. The van der Waals surface area contributed by atoms with Crippen LogP contribution in [0.15, 0.2) is 52.3 Å². The molecule has 4 rings (SSSR count). The molecule has 0 bridgehead atoms. The zero-order chi connectivity index (χ0) is 22.1. The van der Waals surface area contributed by atoms with Crippen LogP contribution in [0.4, 0.5) is 0 Å². The van der Waals surface area contributed by atoms with Gasteiger partial charge < -0.3 is 4.74 Å². The lowest BCUT2D eigenvalue weighted by Gasteiger charge is -2.09. The zero-order valence-electron chi connectivity index (χ0n) is 18.1. The molecule has 7 heteroatoms. The van der Waals surface area contributed by atoms with Crippen molar-refractivity contribution in [1.29, 1.82) is 0 Å². The molecule has 0 saturated heterocycles. The van der Waals surface area contributed by atoms with Crippen molar-refractivity contribution in [1.82, 2.24) is 14.1 Å². The Morgan fingerprint density at radius 2 is 1.81 bits per heavy atom. The third-order valence-electron chi connectivity index (χ3n) is 5.53. The van der Waals surface area contributed by atoms with Gasteiger partial charge in [0.25, 0.3) is 0 Å². The number of benzene rings is 2. The van der Waals surface area contributed by atoms with E-state index in [1.165, 1.54) is 11.8 Å². The molecular formula is C24H25N3O3S. The molecule has 2 heterocycles. The molecule has 160 valence electrons. The molecule has 0 atom stereocenters. The number of pyridine rings is 1. The van der Waals surface area contributed by atoms with Crippen molar-refractivity contribution in [2.45, 2.75) is 38.9 Å². The van der Waals surface area contributed by atoms with Crippen molar-refractivity contribution in [3.8, 4) is 5.75 Å². The molecule has 0 saturated carbocycles. The maximum atomic E-state index is 12.9. The van der Waals surface area contributed by atoms with Gasteiger partial charge in [0.2, 0.25) is 0 Å². The fraction of sp³-hybridized carbons (Fsp3) is 0.292. The smallest absolute Gasteiger partial charge is 0.329 e. The average Bonchev–Trinajstić information content (AvgIpc) is 3.06. The minimum Gasteiger partial charge on any atom is -0.494 e. The maximum absolute atomic E-state index is 12.9. The van der Waals surface area contributed by atoms with Crippen LogP contribution in [0.5, 0.6) is 5.75 Å². The van der Waals surface area contributed by atoms with Gasteiger partial charge in [0.05, 0.1) is 28.9 Å². The summed E-state index contributed by atoms with van der Waals surface area (Å²) >= 11 is 1.41. The molecule has 0 radical (unpaired) electrons. The van der Waals surface area contributed by atoms with Crippen molar-refractivity contribution in [2.24, 2.45) is 0 Å². The number of aryl methyl sites for hydroxylation is 3. The molecule has 31 heavy (non-hydrogen) atoms. The van der Waals surface area contributed by atoms with E-state index in [1.807, 2.05) is 57.2 Å². The minimum atomic E-state index is -0.0382. The number of hydrogen-bond acceptors (Lipinski definition) is 5. The number of hydrogen-bond donors (Lipinski definition) is 0. The molecule has 2 aromatic heterocycles. The molecule has 2 aromatic carbocycles. The molecule has 4 aromatic rings. The van der Waals surface area contributed by atoms with Gasteiger partial charge in [-0.05, 0) is 56.7 Å². The lowest BCUT2D eigenvalue weighted by molar-refractivity contribution is 0.102. The van der Waals surface area contributed by atoms with Crippen molar-refractivity contribution in [3.63, 3.8) is 0 Å². The lowest BCUT2D eigenvalue weighted by atomic mass is 10.1. The number of rotatable bonds is 7. The summed E-state index contributed by atoms with van der Waals surface area (Å²) in [6.07, 6.45) is 0. The third kappa shape index (κ3) is 3.74. The standard InChI is InChI=1S/C24H25N3O3S/c1-5-26-18-11-10-16(13-19(18)27(6-2)24(26)29)20(28)14-31-22-12-15(3)17-8-7-9-21(30-4)23(17)25-22/h7-13H,5-6,14H2,1-4H3. The monoisotopic (exact) mass is 435 g/mol. The topological polar surface area (TPSA) is 66.1 Å². The Morgan fingerprint density at radius 1 is 1.06 bits per heavy atom. The highest BCUT2D eigenvalue weighted by Gasteiger charge is 2.15. The van der Waals surface area contributed by atoms with E-state index < -0.39 is 0 Å². The van der Waals surface area contributed by atoms with E-state index >= 15 is 0 Å². The van der Waals surface area contributed by atoms with Crippen LogP contribution in [-0.4, -0.2) is 32.8 Å². The first-order chi connectivity index (χ1) is 15.0. The van der Waals surface area contributed by atoms with Gasteiger partial charge in [0.1, 0.15) is 11.3 Å².